The molecule has 1 heterocycles. The quantitative estimate of drug-likeness (QED) is 0.0800. The summed E-state index contributed by atoms with van der Waals surface area (Å²) in [4.78, 5) is 38.4. The second-order valence-corrected chi connectivity index (χ2v) is 14.2. The highest BCUT2D eigenvalue weighted by Gasteiger charge is 2.45. The number of unbranched alkanes of at least 4 members (excludes halogenated alkanes) is 11. The molecule has 8 heteroatoms. The lowest BCUT2D eigenvalue weighted by molar-refractivity contribution is -0.304. The van der Waals surface area contributed by atoms with Gasteiger partial charge in [0.2, 0.25) is 11.8 Å². The Bertz CT molecular complexity index is 1020. The van der Waals surface area contributed by atoms with E-state index in [1.54, 1.807) is 26.0 Å². The Morgan fingerprint density at radius 3 is 2.07 bits per heavy atom. The fourth-order valence-corrected chi connectivity index (χ4v) is 5.85. The number of carbonyl (C=O) groups excluding carboxylic acids is 3. The van der Waals surface area contributed by atoms with Crippen LogP contribution in [0.4, 0.5) is 5.69 Å². The normalized spacial score (nSPS) is 17.4. The van der Waals surface area contributed by atoms with E-state index >= 15 is 0 Å². The Labute approximate surface area is 271 Å². The van der Waals surface area contributed by atoms with E-state index in [0.29, 0.717) is 18.7 Å². The predicted octanol–water partition coefficient (Wildman–Crippen LogP) is 8.97. The molecule has 1 atom stereocenters. The predicted molar refractivity (Wildman–Crippen MR) is 182 cm³/mol. The first kappa shape index (κ1) is 38.0. The molecule has 0 radical (unpaired) electrons. The summed E-state index contributed by atoms with van der Waals surface area (Å²) in [6.45, 7) is 10.3. The summed E-state index contributed by atoms with van der Waals surface area (Å²) in [7, 11) is 0. The summed E-state index contributed by atoms with van der Waals surface area (Å²) < 4.78 is 11.5. The number of rotatable bonds is 21. The monoisotopic (exact) mass is 630 g/mol. The molecule has 44 heavy (non-hydrogen) atoms. The standard InChI is InChI=1S/C36H58N2O5S/c1-6-7-8-9-10-11-12-13-14-15-16-17-18-19-20-21-32(40)44-30-24-22-29(23-25-30)38-31(39)26-27-37-34(41)33-35(2,3)28-42-36(4,5)43-33/h13-14,22-25,33H,6-12,15-21,26-28H2,1-5H3,(H,37,41)(H,38,39)/b14-13-. The molecule has 2 N–H and O–H groups in total. The van der Waals surface area contributed by atoms with Crippen LogP contribution in [0.3, 0.4) is 0 Å². The van der Waals surface area contributed by atoms with Gasteiger partial charge in [-0.15, -0.1) is 0 Å². The van der Waals surface area contributed by atoms with Gasteiger partial charge in [-0.1, -0.05) is 96.1 Å². The zero-order chi connectivity index (χ0) is 32.3. The summed E-state index contributed by atoms with van der Waals surface area (Å²) >= 11 is 1.26. The molecule has 7 nitrogen and oxygen atoms in total. The van der Waals surface area contributed by atoms with E-state index in [-0.39, 0.29) is 29.9 Å². The number of anilines is 1. The van der Waals surface area contributed by atoms with Crippen molar-refractivity contribution in [3.63, 3.8) is 0 Å². The van der Waals surface area contributed by atoms with Crippen LogP contribution in [0.15, 0.2) is 41.3 Å². The number of hydrogen-bond acceptors (Lipinski definition) is 6. The average Bonchev–Trinajstić information content (AvgIpc) is 2.97. The first-order chi connectivity index (χ1) is 21.0. The molecule has 248 valence electrons. The number of hydrogen-bond donors (Lipinski definition) is 2. The smallest absolute Gasteiger partial charge is 0.249 e. The van der Waals surface area contributed by atoms with Gasteiger partial charge in [0.15, 0.2) is 10.9 Å². The van der Waals surface area contributed by atoms with Crippen molar-refractivity contribution in [2.75, 3.05) is 18.5 Å². The van der Waals surface area contributed by atoms with Gasteiger partial charge in [-0.25, -0.2) is 0 Å². The van der Waals surface area contributed by atoms with Crippen LogP contribution in [0.25, 0.3) is 0 Å². The highest BCUT2D eigenvalue weighted by molar-refractivity contribution is 8.13. The van der Waals surface area contributed by atoms with E-state index in [1.807, 2.05) is 26.0 Å². The minimum Gasteiger partial charge on any atom is -0.353 e. The third-order valence-electron chi connectivity index (χ3n) is 7.81. The van der Waals surface area contributed by atoms with E-state index in [0.717, 1.165) is 17.7 Å². The topological polar surface area (TPSA) is 93.7 Å². The van der Waals surface area contributed by atoms with Gasteiger partial charge in [0.25, 0.3) is 0 Å². The molecular formula is C36H58N2O5S. The van der Waals surface area contributed by atoms with Gasteiger partial charge in [-0.2, -0.15) is 0 Å². The number of amides is 2. The number of ether oxygens (including phenoxy) is 2. The van der Waals surface area contributed by atoms with Crippen molar-refractivity contribution in [2.24, 2.45) is 5.41 Å². The van der Waals surface area contributed by atoms with Gasteiger partial charge in [-0.05, 0) is 70.2 Å². The lowest BCUT2D eigenvalue weighted by Gasteiger charge is -2.44. The van der Waals surface area contributed by atoms with Crippen LogP contribution < -0.4 is 10.6 Å². The van der Waals surface area contributed by atoms with Gasteiger partial charge in [0.1, 0.15) is 6.10 Å². The highest BCUT2D eigenvalue weighted by Crippen LogP contribution is 2.34. The lowest BCUT2D eigenvalue weighted by Crippen LogP contribution is -2.56. The van der Waals surface area contributed by atoms with Gasteiger partial charge < -0.3 is 20.1 Å². The fraction of sp³-hybridized carbons (Fsp3) is 0.694. The average molecular weight is 631 g/mol. The van der Waals surface area contributed by atoms with Gasteiger partial charge >= 0.3 is 0 Å². The van der Waals surface area contributed by atoms with Crippen LogP contribution in [0.2, 0.25) is 0 Å². The highest BCUT2D eigenvalue weighted by atomic mass is 32.2. The van der Waals surface area contributed by atoms with E-state index in [9.17, 15) is 14.4 Å². The second kappa shape index (κ2) is 20.8. The van der Waals surface area contributed by atoms with Crippen molar-refractivity contribution in [3.05, 3.63) is 36.4 Å². The maximum atomic E-state index is 12.7. The van der Waals surface area contributed by atoms with Crippen molar-refractivity contribution in [3.8, 4) is 0 Å². The zero-order valence-electron chi connectivity index (χ0n) is 28.0. The number of nitrogens with one attached hydrogen (secondary N) is 2. The second-order valence-electron chi connectivity index (χ2n) is 13.1. The van der Waals surface area contributed by atoms with E-state index < -0.39 is 17.3 Å². The molecule has 0 bridgehead atoms. The van der Waals surface area contributed by atoms with Gasteiger partial charge in [-0.3, -0.25) is 14.4 Å². The molecule has 0 aromatic heterocycles. The van der Waals surface area contributed by atoms with E-state index in [2.05, 4.69) is 29.7 Å². The Kier molecular flexibility index (Phi) is 18.0. The fourth-order valence-electron chi connectivity index (χ4n) is 5.07. The van der Waals surface area contributed by atoms with Crippen LogP contribution in [0.1, 0.15) is 131 Å². The summed E-state index contributed by atoms with van der Waals surface area (Å²) in [5.41, 5.74) is 0.193. The molecule has 0 saturated carbocycles. The molecule has 1 aliphatic rings. The number of thioether (sulfide) groups is 1. The Morgan fingerprint density at radius 2 is 1.43 bits per heavy atom. The summed E-state index contributed by atoms with van der Waals surface area (Å²) in [5, 5.41) is 5.84. The molecule has 0 spiro atoms. The maximum absolute atomic E-state index is 12.7. The Hall–Kier alpha value is -2.16. The van der Waals surface area contributed by atoms with E-state index in [1.165, 1.54) is 82.4 Å². The van der Waals surface area contributed by atoms with Crippen molar-refractivity contribution in [1.29, 1.82) is 0 Å². The molecule has 1 unspecified atom stereocenters. The number of allylic oxidation sites excluding steroid dienone is 2. The molecule has 2 rings (SSSR count). The zero-order valence-corrected chi connectivity index (χ0v) is 28.8. The molecule has 1 aliphatic heterocycles. The molecule has 1 saturated heterocycles. The maximum Gasteiger partial charge on any atom is 0.249 e. The largest absolute Gasteiger partial charge is 0.353 e. The minimum atomic E-state index is -0.826. The Balaban J connectivity index is 1.52. The third kappa shape index (κ3) is 16.2. The number of carbonyl (C=O) groups is 3. The van der Waals surface area contributed by atoms with E-state index in [4.69, 9.17) is 9.47 Å². The van der Waals surface area contributed by atoms with Crippen LogP contribution in [0.5, 0.6) is 0 Å². The van der Waals surface area contributed by atoms with Crippen molar-refractivity contribution < 1.29 is 23.9 Å². The molecule has 1 fully saturated rings. The van der Waals surface area contributed by atoms with Crippen molar-refractivity contribution >= 4 is 34.4 Å². The molecular weight excluding hydrogens is 572 g/mol. The van der Waals surface area contributed by atoms with Crippen LogP contribution in [0, 0.1) is 5.41 Å². The first-order valence-corrected chi connectivity index (χ1v) is 17.7. The van der Waals surface area contributed by atoms with Gasteiger partial charge in [0.05, 0.1) is 6.61 Å². The first-order valence-electron chi connectivity index (χ1n) is 16.9. The molecule has 0 aliphatic carbocycles. The van der Waals surface area contributed by atoms with Crippen LogP contribution >= 0.6 is 11.8 Å². The van der Waals surface area contributed by atoms with Crippen LogP contribution in [-0.4, -0.2) is 42.0 Å². The molecule has 2 amide bonds. The SMILES string of the molecule is CCCCCCCC/C=C\CCCCCCCC(=O)Sc1ccc(NC(=O)CCNC(=O)C2OC(C)(C)OCC2(C)C)cc1. The number of benzene rings is 1. The van der Waals surface area contributed by atoms with Gasteiger partial charge in [0, 0.05) is 35.4 Å². The molecule has 1 aromatic carbocycles. The van der Waals surface area contributed by atoms with Crippen molar-refractivity contribution in [1.82, 2.24) is 5.32 Å². The lowest BCUT2D eigenvalue weighted by atomic mass is 9.85. The summed E-state index contributed by atoms with van der Waals surface area (Å²) in [6.07, 6.45) is 20.9. The summed E-state index contributed by atoms with van der Waals surface area (Å²) in [6, 6.07) is 7.31. The van der Waals surface area contributed by atoms with Crippen molar-refractivity contribution in [2.45, 2.75) is 148 Å². The summed E-state index contributed by atoms with van der Waals surface area (Å²) in [5.74, 6) is -1.26. The Morgan fingerprint density at radius 1 is 0.841 bits per heavy atom. The minimum absolute atomic E-state index is 0.143. The molecule has 1 aromatic rings. The third-order valence-corrected chi connectivity index (χ3v) is 8.74. The van der Waals surface area contributed by atoms with Crippen LogP contribution in [-0.2, 0) is 23.9 Å².